The van der Waals surface area contributed by atoms with Crippen molar-refractivity contribution in [3.05, 3.63) is 30.3 Å². The van der Waals surface area contributed by atoms with Gasteiger partial charge in [0.1, 0.15) is 5.94 Å². The fraction of sp³-hybridized carbons (Fsp3) is 0.333. The highest BCUT2D eigenvalue weighted by Gasteiger charge is 2.10. The number of ether oxygens (including phenoxy) is 1. The standard InChI is InChI=1S/C9H11NOS/c1-2-4-9(5-3-1)10-6-7-11-8-12-10/h1-5H,6-8H2. The molecule has 3 heteroatoms. The average Bonchev–Trinajstić information content (AvgIpc) is 2.21. The minimum absolute atomic E-state index is 0.773. The molecule has 0 aromatic heterocycles. The van der Waals surface area contributed by atoms with Crippen LogP contribution < -0.4 is 4.31 Å². The van der Waals surface area contributed by atoms with Gasteiger partial charge < -0.3 is 9.04 Å². The Morgan fingerprint density at radius 1 is 1.25 bits per heavy atom. The molecule has 0 aliphatic carbocycles. The third kappa shape index (κ3) is 1.73. The molecule has 1 heterocycles. The van der Waals surface area contributed by atoms with E-state index in [4.69, 9.17) is 4.74 Å². The van der Waals surface area contributed by atoms with Crippen LogP contribution in [0, 0.1) is 0 Å². The summed E-state index contributed by atoms with van der Waals surface area (Å²) in [6.07, 6.45) is 0. The lowest BCUT2D eigenvalue weighted by Crippen LogP contribution is -2.25. The molecule has 1 saturated heterocycles. The minimum Gasteiger partial charge on any atom is -0.367 e. The number of anilines is 1. The fourth-order valence-corrected chi connectivity index (χ4v) is 1.96. The van der Waals surface area contributed by atoms with Gasteiger partial charge in [0.25, 0.3) is 0 Å². The molecule has 1 aromatic carbocycles. The molecule has 0 amide bonds. The van der Waals surface area contributed by atoms with Gasteiger partial charge in [0.2, 0.25) is 0 Å². The van der Waals surface area contributed by atoms with Crippen LogP contribution in [0.15, 0.2) is 30.3 Å². The van der Waals surface area contributed by atoms with Crippen molar-refractivity contribution in [3.8, 4) is 0 Å². The van der Waals surface area contributed by atoms with Crippen LogP contribution >= 0.6 is 11.9 Å². The lowest BCUT2D eigenvalue weighted by atomic mass is 10.3. The zero-order valence-corrected chi connectivity index (χ0v) is 7.59. The van der Waals surface area contributed by atoms with Crippen molar-refractivity contribution in [1.82, 2.24) is 0 Å². The van der Waals surface area contributed by atoms with E-state index < -0.39 is 0 Å². The predicted molar refractivity (Wildman–Crippen MR) is 52.2 cm³/mol. The van der Waals surface area contributed by atoms with Gasteiger partial charge >= 0.3 is 0 Å². The Kier molecular flexibility index (Phi) is 2.54. The first-order valence-corrected chi connectivity index (χ1v) is 4.94. The lowest BCUT2D eigenvalue weighted by Gasteiger charge is -2.27. The second-order valence-corrected chi connectivity index (χ2v) is 3.53. The number of benzene rings is 1. The van der Waals surface area contributed by atoms with Gasteiger partial charge in [-0.15, -0.1) is 0 Å². The zero-order chi connectivity index (χ0) is 8.23. The highest BCUT2D eigenvalue weighted by Crippen LogP contribution is 2.23. The van der Waals surface area contributed by atoms with Gasteiger partial charge in [0, 0.05) is 5.69 Å². The Morgan fingerprint density at radius 3 is 2.75 bits per heavy atom. The maximum Gasteiger partial charge on any atom is 0.112 e. The van der Waals surface area contributed by atoms with E-state index in [-0.39, 0.29) is 0 Å². The molecule has 2 nitrogen and oxygen atoms in total. The topological polar surface area (TPSA) is 12.5 Å². The van der Waals surface area contributed by atoms with E-state index in [1.54, 1.807) is 11.9 Å². The van der Waals surface area contributed by atoms with Crippen molar-refractivity contribution in [3.63, 3.8) is 0 Å². The monoisotopic (exact) mass is 181 g/mol. The average molecular weight is 181 g/mol. The van der Waals surface area contributed by atoms with Crippen molar-refractivity contribution >= 4 is 17.6 Å². The van der Waals surface area contributed by atoms with Crippen LogP contribution in [0.2, 0.25) is 0 Å². The van der Waals surface area contributed by atoms with Gasteiger partial charge in [0.05, 0.1) is 13.2 Å². The molecule has 64 valence electrons. The van der Waals surface area contributed by atoms with E-state index in [2.05, 4.69) is 28.6 Å². The fourth-order valence-electron chi connectivity index (χ4n) is 1.17. The number of hydrogen-bond donors (Lipinski definition) is 0. The third-order valence-electron chi connectivity index (χ3n) is 1.77. The molecule has 0 atom stereocenters. The van der Waals surface area contributed by atoms with E-state index in [1.807, 2.05) is 6.07 Å². The molecule has 0 radical (unpaired) electrons. The molecule has 0 unspecified atom stereocenters. The summed E-state index contributed by atoms with van der Waals surface area (Å²) in [5.74, 6) is 0.773. The molecule has 0 bridgehead atoms. The third-order valence-corrected chi connectivity index (χ3v) is 2.75. The van der Waals surface area contributed by atoms with Gasteiger partial charge in [-0.3, -0.25) is 0 Å². The molecule has 1 aliphatic heterocycles. The maximum absolute atomic E-state index is 5.24. The van der Waals surface area contributed by atoms with Crippen molar-refractivity contribution in [2.24, 2.45) is 0 Å². The Morgan fingerprint density at radius 2 is 2.08 bits per heavy atom. The summed E-state index contributed by atoms with van der Waals surface area (Å²) in [4.78, 5) is 0. The summed E-state index contributed by atoms with van der Waals surface area (Å²) < 4.78 is 7.51. The number of rotatable bonds is 1. The highest BCUT2D eigenvalue weighted by molar-refractivity contribution is 8.00. The quantitative estimate of drug-likeness (QED) is 0.616. The molecule has 1 aromatic rings. The highest BCUT2D eigenvalue weighted by atomic mass is 32.2. The van der Waals surface area contributed by atoms with Crippen LogP contribution in [0.1, 0.15) is 0 Å². The normalized spacial score (nSPS) is 17.8. The van der Waals surface area contributed by atoms with Crippen LogP contribution in [0.5, 0.6) is 0 Å². The summed E-state index contributed by atoms with van der Waals surface area (Å²) in [5.41, 5.74) is 1.27. The van der Waals surface area contributed by atoms with Crippen LogP contribution in [-0.2, 0) is 4.74 Å². The summed E-state index contributed by atoms with van der Waals surface area (Å²) in [6.45, 7) is 1.82. The molecule has 12 heavy (non-hydrogen) atoms. The zero-order valence-electron chi connectivity index (χ0n) is 6.77. The first-order chi connectivity index (χ1) is 5.97. The first kappa shape index (κ1) is 7.95. The van der Waals surface area contributed by atoms with Crippen molar-refractivity contribution < 1.29 is 4.74 Å². The molecule has 2 rings (SSSR count). The van der Waals surface area contributed by atoms with Gasteiger partial charge in [0.15, 0.2) is 0 Å². The molecular weight excluding hydrogens is 170 g/mol. The second kappa shape index (κ2) is 3.83. The van der Waals surface area contributed by atoms with Crippen LogP contribution in [0.4, 0.5) is 5.69 Å². The van der Waals surface area contributed by atoms with E-state index in [0.717, 1.165) is 19.1 Å². The SMILES string of the molecule is c1ccc(N2CCOCS2)cc1. The van der Waals surface area contributed by atoms with Crippen LogP contribution in [0.25, 0.3) is 0 Å². The Hall–Kier alpha value is -0.670. The van der Waals surface area contributed by atoms with Gasteiger partial charge in [-0.25, -0.2) is 0 Å². The van der Waals surface area contributed by atoms with Gasteiger partial charge in [-0.2, -0.15) is 0 Å². The lowest BCUT2D eigenvalue weighted by molar-refractivity contribution is 0.184. The van der Waals surface area contributed by atoms with Crippen LogP contribution in [0.3, 0.4) is 0 Å². The van der Waals surface area contributed by atoms with E-state index in [9.17, 15) is 0 Å². The van der Waals surface area contributed by atoms with E-state index >= 15 is 0 Å². The predicted octanol–water partition coefficient (Wildman–Crippen LogP) is 2.13. The summed E-state index contributed by atoms with van der Waals surface area (Å²) >= 11 is 1.73. The summed E-state index contributed by atoms with van der Waals surface area (Å²) in [6, 6.07) is 10.4. The maximum atomic E-state index is 5.24. The minimum atomic E-state index is 0.773. The molecule has 1 fully saturated rings. The molecule has 0 spiro atoms. The largest absolute Gasteiger partial charge is 0.367 e. The van der Waals surface area contributed by atoms with Crippen LogP contribution in [-0.4, -0.2) is 19.1 Å². The number of para-hydroxylation sites is 1. The number of nitrogens with zero attached hydrogens (tertiary/aromatic N) is 1. The summed E-state index contributed by atoms with van der Waals surface area (Å²) in [5, 5.41) is 0. The van der Waals surface area contributed by atoms with Crippen molar-refractivity contribution in [2.75, 3.05) is 23.4 Å². The molecular formula is C9H11NOS. The van der Waals surface area contributed by atoms with Crippen molar-refractivity contribution in [1.29, 1.82) is 0 Å². The molecule has 0 N–H and O–H groups in total. The Bertz CT molecular complexity index is 234. The van der Waals surface area contributed by atoms with Gasteiger partial charge in [-0.1, -0.05) is 18.2 Å². The second-order valence-electron chi connectivity index (χ2n) is 2.59. The first-order valence-electron chi connectivity index (χ1n) is 4.00. The summed E-state index contributed by atoms with van der Waals surface area (Å²) in [7, 11) is 0. The van der Waals surface area contributed by atoms with E-state index in [0.29, 0.717) is 0 Å². The van der Waals surface area contributed by atoms with E-state index in [1.165, 1.54) is 5.69 Å². The molecule has 0 saturated carbocycles. The number of hydrogen-bond acceptors (Lipinski definition) is 3. The van der Waals surface area contributed by atoms with Gasteiger partial charge in [-0.05, 0) is 24.1 Å². The smallest absolute Gasteiger partial charge is 0.112 e. The molecule has 1 aliphatic rings. The Balaban J connectivity index is 2.08. The Labute approximate surface area is 76.7 Å². The van der Waals surface area contributed by atoms with Crippen molar-refractivity contribution in [2.45, 2.75) is 0 Å².